The van der Waals surface area contributed by atoms with E-state index in [9.17, 15) is 8.76 Å². The Hall–Kier alpha value is 0.110. The minimum absolute atomic E-state index is 0.0403. The highest BCUT2D eigenvalue weighted by Gasteiger charge is 2.15. The van der Waals surface area contributed by atoms with Gasteiger partial charge in [-0.15, -0.1) is 0 Å². The lowest BCUT2D eigenvalue weighted by atomic mass is 9.91. The van der Waals surface area contributed by atoms with Gasteiger partial charge in [-0.2, -0.15) is 0 Å². The predicted octanol–water partition coefficient (Wildman–Crippen LogP) is 1.69. The highest BCUT2D eigenvalue weighted by Crippen LogP contribution is 2.22. The van der Waals surface area contributed by atoms with E-state index in [1.54, 1.807) is 0 Å². The molecule has 0 aliphatic carbocycles. The molecule has 3 heteroatoms. The van der Waals surface area contributed by atoms with Crippen molar-refractivity contribution in [3.63, 3.8) is 0 Å². The van der Waals surface area contributed by atoms with Crippen LogP contribution in [0.1, 0.15) is 33.6 Å². The average Bonchev–Trinajstić information content (AvgIpc) is 1.59. The minimum Gasteiger partial charge on any atom is -0.772 e. The molecule has 0 radical (unpaired) electrons. The third kappa shape index (κ3) is 4.94. The van der Waals surface area contributed by atoms with Gasteiger partial charge in [0.25, 0.3) is 0 Å². The summed E-state index contributed by atoms with van der Waals surface area (Å²) in [5, 5.41) is 0. The van der Waals surface area contributed by atoms with E-state index in [0.717, 1.165) is 12.8 Å². The van der Waals surface area contributed by atoms with E-state index in [4.69, 9.17) is 0 Å². The molecule has 0 rings (SSSR count). The maximum atomic E-state index is 10.3. The second-order valence-electron chi connectivity index (χ2n) is 3.36. The van der Waals surface area contributed by atoms with Crippen molar-refractivity contribution in [2.45, 2.75) is 33.6 Å². The zero-order valence-corrected chi connectivity index (χ0v) is 7.66. The van der Waals surface area contributed by atoms with Crippen molar-refractivity contribution in [3.05, 3.63) is 0 Å². The van der Waals surface area contributed by atoms with Crippen molar-refractivity contribution in [3.8, 4) is 0 Å². The van der Waals surface area contributed by atoms with Gasteiger partial charge in [0.15, 0.2) is 0 Å². The first-order valence-corrected chi connectivity index (χ1v) is 4.78. The summed E-state index contributed by atoms with van der Waals surface area (Å²) in [5.41, 5.74) is -0.0403. The van der Waals surface area contributed by atoms with Gasteiger partial charge < -0.3 is 4.55 Å². The fraction of sp³-hybridized carbons (Fsp3) is 1.00. The maximum absolute atomic E-state index is 10.3. The number of hydrogen-bond acceptors (Lipinski definition) is 2. The Morgan fingerprint density at radius 3 is 2.30 bits per heavy atom. The summed E-state index contributed by atoms with van der Waals surface area (Å²) in [6.45, 7) is 6.02. The third-order valence-electron chi connectivity index (χ3n) is 1.44. The van der Waals surface area contributed by atoms with Gasteiger partial charge in [0.2, 0.25) is 0 Å². The monoisotopic (exact) mass is 163 g/mol. The van der Waals surface area contributed by atoms with E-state index in [1.807, 2.05) is 13.8 Å². The highest BCUT2D eigenvalue weighted by molar-refractivity contribution is 7.79. The molecular weight excluding hydrogens is 148 g/mol. The largest absolute Gasteiger partial charge is 0.772 e. The Balaban J connectivity index is 3.74. The van der Waals surface area contributed by atoms with Gasteiger partial charge >= 0.3 is 0 Å². The summed E-state index contributed by atoms with van der Waals surface area (Å²) in [6, 6.07) is 0. The molecule has 10 heavy (non-hydrogen) atoms. The summed E-state index contributed by atoms with van der Waals surface area (Å²) >= 11 is -1.89. The van der Waals surface area contributed by atoms with E-state index < -0.39 is 11.1 Å². The Morgan fingerprint density at radius 1 is 1.50 bits per heavy atom. The third-order valence-corrected chi connectivity index (χ3v) is 2.45. The van der Waals surface area contributed by atoms with Crippen molar-refractivity contribution < 1.29 is 8.76 Å². The van der Waals surface area contributed by atoms with Crippen LogP contribution in [0, 0.1) is 5.41 Å². The standard InChI is InChI=1S/C7H16O2S/c1-4-5-7(2,3)6-10(8)9/h4-6H2,1-3H3,(H,8,9)/p-1. The molecule has 0 spiro atoms. The van der Waals surface area contributed by atoms with Crippen molar-refractivity contribution >= 4 is 11.1 Å². The van der Waals surface area contributed by atoms with E-state index in [2.05, 4.69) is 6.92 Å². The van der Waals surface area contributed by atoms with Crippen molar-refractivity contribution in [2.75, 3.05) is 5.75 Å². The fourth-order valence-electron chi connectivity index (χ4n) is 1.07. The normalized spacial score (nSPS) is 15.2. The molecule has 0 amide bonds. The molecule has 62 valence electrons. The summed E-state index contributed by atoms with van der Waals surface area (Å²) in [4.78, 5) is 0. The first kappa shape index (κ1) is 10.1. The molecule has 0 saturated heterocycles. The van der Waals surface area contributed by atoms with Gasteiger partial charge in [0.1, 0.15) is 0 Å². The molecule has 0 aliphatic heterocycles. The molecule has 0 aliphatic rings. The summed E-state index contributed by atoms with van der Waals surface area (Å²) < 4.78 is 20.6. The van der Waals surface area contributed by atoms with E-state index in [0.29, 0.717) is 0 Å². The number of hydrogen-bond donors (Lipinski definition) is 0. The number of rotatable bonds is 4. The van der Waals surface area contributed by atoms with Crippen molar-refractivity contribution in [2.24, 2.45) is 5.41 Å². The Kier molecular flexibility index (Phi) is 4.13. The van der Waals surface area contributed by atoms with Crippen molar-refractivity contribution in [1.82, 2.24) is 0 Å². The second kappa shape index (κ2) is 4.09. The van der Waals surface area contributed by atoms with Crippen LogP contribution < -0.4 is 0 Å². The average molecular weight is 163 g/mol. The van der Waals surface area contributed by atoms with Crippen LogP contribution in [0.2, 0.25) is 0 Å². The van der Waals surface area contributed by atoms with E-state index in [1.165, 1.54) is 0 Å². The van der Waals surface area contributed by atoms with Crippen LogP contribution in [-0.2, 0) is 11.1 Å². The van der Waals surface area contributed by atoms with Crippen LogP contribution in [0.25, 0.3) is 0 Å². The maximum Gasteiger partial charge on any atom is 0.0153 e. The van der Waals surface area contributed by atoms with Crippen LogP contribution in [0.4, 0.5) is 0 Å². The quantitative estimate of drug-likeness (QED) is 0.592. The van der Waals surface area contributed by atoms with E-state index in [-0.39, 0.29) is 11.2 Å². The van der Waals surface area contributed by atoms with Gasteiger partial charge in [-0.05, 0) is 11.8 Å². The topological polar surface area (TPSA) is 40.1 Å². The molecule has 1 atom stereocenters. The summed E-state index contributed by atoms with van der Waals surface area (Å²) in [7, 11) is 0. The van der Waals surface area contributed by atoms with Gasteiger partial charge in [0, 0.05) is 5.75 Å². The van der Waals surface area contributed by atoms with E-state index >= 15 is 0 Å². The van der Waals surface area contributed by atoms with Crippen LogP contribution >= 0.6 is 0 Å². The Bertz CT molecular complexity index is 121. The lowest BCUT2D eigenvalue weighted by Gasteiger charge is -2.24. The van der Waals surface area contributed by atoms with Crippen molar-refractivity contribution in [1.29, 1.82) is 0 Å². The minimum atomic E-state index is -1.89. The zero-order chi connectivity index (χ0) is 8.20. The smallest absolute Gasteiger partial charge is 0.0153 e. The van der Waals surface area contributed by atoms with Crippen LogP contribution in [-0.4, -0.2) is 14.5 Å². The molecule has 0 aromatic rings. The molecular formula is C7H15O2S-. The lowest BCUT2D eigenvalue weighted by Crippen LogP contribution is -2.19. The highest BCUT2D eigenvalue weighted by atomic mass is 32.2. The zero-order valence-electron chi connectivity index (χ0n) is 6.85. The van der Waals surface area contributed by atoms with Crippen LogP contribution in [0.3, 0.4) is 0 Å². The van der Waals surface area contributed by atoms with Gasteiger partial charge in [-0.1, -0.05) is 38.3 Å². The molecule has 0 aromatic carbocycles. The Morgan fingerprint density at radius 2 is 2.00 bits per heavy atom. The Labute approximate surface area is 65.3 Å². The van der Waals surface area contributed by atoms with Crippen LogP contribution in [0.15, 0.2) is 0 Å². The first-order chi connectivity index (χ1) is 4.48. The van der Waals surface area contributed by atoms with Gasteiger partial charge in [-0.3, -0.25) is 4.21 Å². The molecule has 0 heterocycles. The first-order valence-electron chi connectivity index (χ1n) is 3.54. The van der Waals surface area contributed by atoms with Gasteiger partial charge in [-0.25, -0.2) is 0 Å². The molecule has 0 fully saturated rings. The molecule has 2 nitrogen and oxygen atoms in total. The predicted molar refractivity (Wildman–Crippen MR) is 42.5 cm³/mol. The summed E-state index contributed by atoms with van der Waals surface area (Å²) in [6.07, 6.45) is 2.02. The molecule has 0 bridgehead atoms. The molecule has 0 saturated carbocycles. The molecule has 0 N–H and O–H groups in total. The van der Waals surface area contributed by atoms with Crippen LogP contribution in [0.5, 0.6) is 0 Å². The fourth-order valence-corrected chi connectivity index (χ4v) is 1.85. The molecule has 0 aromatic heterocycles. The molecule has 1 unspecified atom stereocenters. The SMILES string of the molecule is CCCC(C)(C)CS(=O)[O-]. The summed E-state index contributed by atoms with van der Waals surface area (Å²) in [5.74, 6) is 0.279. The van der Waals surface area contributed by atoms with Gasteiger partial charge in [0.05, 0.1) is 0 Å². The second-order valence-corrected chi connectivity index (χ2v) is 4.26. The lowest BCUT2D eigenvalue weighted by molar-refractivity contribution is 0.369.